The summed E-state index contributed by atoms with van der Waals surface area (Å²) >= 11 is 0. The van der Waals surface area contributed by atoms with Crippen LogP contribution >= 0.6 is 0 Å². The first-order chi connectivity index (χ1) is 11.6. The lowest BCUT2D eigenvalue weighted by atomic mass is 10.0. The third-order valence-corrected chi connectivity index (χ3v) is 4.04. The number of carbonyl (C=O) groups excluding carboxylic acids is 1. The van der Waals surface area contributed by atoms with Gasteiger partial charge in [0.05, 0.1) is 0 Å². The minimum atomic E-state index is -5.83. The van der Waals surface area contributed by atoms with E-state index >= 15 is 0 Å². The zero-order valence-corrected chi connectivity index (χ0v) is 13.3. The van der Waals surface area contributed by atoms with Crippen LogP contribution in [0, 0.1) is 0 Å². The number of alkyl halides is 3. The van der Waals surface area contributed by atoms with Gasteiger partial charge in [0.25, 0.3) is 0 Å². The molecule has 7 nitrogen and oxygen atoms in total. The number of primary amides is 1. The van der Waals surface area contributed by atoms with Gasteiger partial charge in [-0.2, -0.15) is 21.6 Å². The van der Waals surface area contributed by atoms with E-state index in [0.717, 1.165) is 6.07 Å². The fraction of sp³-hybridized carbons (Fsp3) is 0.214. The summed E-state index contributed by atoms with van der Waals surface area (Å²) in [5.74, 6) is -1.22. The second-order valence-corrected chi connectivity index (χ2v) is 6.44. The van der Waals surface area contributed by atoms with Crippen LogP contribution in [0.25, 0.3) is 11.1 Å². The molecule has 0 aliphatic rings. The van der Waals surface area contributed by atoms with E-state index in [4.69, 9.17) is 5.73 Å². The molecular weight excluding hydrogens is 363 g/mol. The largest absolute Gasteiger partial charge is 0.534 e. The SMILES string of the molecule is NC(=O)CCc1cc(-c2cncnc2)ccc1OS(=O)(=O)C(F)(F)F. The van der Waals surface area contributed by atoms with Crippen LogP contribution in [0.5, 0.6) is 5.75 Å². The second-order valence-electron chi connectivity index (χ2n) is 4.90. The molecule has 0 unspecified atom stereocenters. The van der Waals surface area contributed by atoms with E-state index in [-0.39, 0.29) is 18.4 Å². The van der Waals surface area contributed by atoms with Crippen molar-refractivity contribution in [2.45, 2.75) is 18.3 Å². The summed E-state index contributed by atoms with van der Waals surface area (Å²) in [5.41, 5.74) is 0.605. The Labute approximate surface area is 140 Å². The zero-order valence-electron chi connectivity index (χ0n) is 12.5. The fourth-order valence-electron chi connectivity index (χ4n) is 1.91. The van der Waals surface area contributed by atoms with E-state index < -0.39 is 27.3 Å². The van der Waals surface area contributed by atoms with Crippen LogP contribution in [-0.2, 0) is 21.3 Å². The molecule has 1 heterocycles. The van der Waals surface area contributed by atoms with Crippen molar-refractivity contribution in [3.05, 3.63) is 42.5 Å². The van der Waals surface area contributed by atoms with Crippen LogP contribution < -0.4 is 9.92 Å². The number of aromatic nitrogens is 2. The van der Waals surface area contributed by atoms with Crippen molar-refractivity contribution < 1.29 is 30.6 Å². The summed E-state index contributed by atoms with van der Waals surface area (Å²) in [6.45, 7) is 0. The Morgan fingerprint density at radius 2 is 1.80 bits per heavy atom. The molecule has 0 bridgehead atoms. The minimum Gasteiger partial charge on any atom is -0.376 e. The van der Waals surface area contributed by atoms with Crippen molar-refractivity contribution in [3.8, 4) is 16.9 Å². The molecule has 2 N–H and O–H groups in total. The predicted molar refractivity (Wildman–Crippen MR) is 80.6 cm³/mol. The van der Waals surface area contributed by atoms with Crippen LogP contribution in [0.15, 0.2) is 36.9 Å². The van der Waals surface area contributed by atoms with E-state index in [0.29, 0.717) is 11.1 Å². The van der Waals surface area contributed by atoms with Crippen LogP contribution in [0.1, 0.15) is 12.0 Å². The molecule has 0 atom stereocenters. The average Bonchev–Trinajstić information content (AvgIpc) is 2.53. The number of hydrogen-bond acceptors (Lipinski definition) is 6. The van der Waals surface area contributed by atoms with Crippen LogP contribution in [0.4, 0.5) is 13.2 Å². The Hall–Kier alpha value is -2.69. The van der Waals surface area contributed by atoms with Crippen molar-refractivity contribution in [3.63, 3.8) is 0 Å². The topological polar surface area (TPSA) is 112 Å². The molecule has 1 aromatic carbocycles. The molecule has 0 saturated heterocycles. The Kier molecular flexibility index (Phi) is 5.26. The summed E-state index contributed by atoms with van der Waals surface area (Å²) in [4.78, 5) is 18.6. The third kappa shape index (κ3) is 4.66. The van der Waals surface area contributed by atoms with Gasteiger partial charge in [-0.05, 0) is 29.7 Å². The second kappa shape index (κ2) is 7.05. The fourth-order valence-corrected chi connectivity index (χ4v) is 2.40. The van der Waals surface area contributed by atoms with Gasteiger partial charge >= 0.3 is 15.6 Å². The molecule has 1 amide bonds. The summed E-state index contributed by atoms with van der Waals surface area (Å²) in [6, 6.07) is 3.82. The van der Waals surface area contributed by atoms with E-state index in [9.17, 15) is 26.4 Å². The first-order valence-corrected chi connectivity index (χ1v) is 8.18. The Morgan fingerprint density at radius 3 is 2.36 bits per heavy atom. The summed E-state index contributed by atoms with van der Waals surface area (Å²) in [5, 5.41) is 0. The maximum atomic E-state index is 12.5. The van der Waals surface area contributed by atoms with Gasteiger partial charge in [0.15, 0.2) is 0 Å². The van der Waals surface area contributed by atoms with Crippen molar-refractivity contribution in [2.75, 3.05) is 0 Å². The number of hydrogen-bond donors (Lipinski definition) is 1. The summed E-state index contributed by atoms with van der Waals surface area (Å²) in [7, 11) is -5.83. The Bertz CT molecular complexity index is 871. The molecule has 0 radical (unpaired) electrons. The van der Waals surface area contributed by atoms with Gasteiger partial charge in [-0.3, -0.25) is 4.79 Å². The lowest BCUT2D eigenvalue weighted by Crippen LogP contribution is -2.28. The van der Waals surface area contributed by atoms with Gasteiger partial charge < -0.3 is 9.92 Å². The number of rotatable bonds is 6. The quantitative estimate of drug-likeness (QED) is 0.608. The highest BCUT2D eigenvalue weighted by atomic mass is 32.2. The maximum absolute atomic E-state index is 12.5. The highest BCUT2D eigenvalue weighted by molar-refractivity contribution is 7.88. The van der Waals surface area contributed by atoms with Gasteiger partial charge in [-0.25, -0.2) is 9.97 Å². The third-order valence-electron chi connectivity index (χ3n) is 3.08. The summed E-state index contributed by atoms with van der Waals surface area (Å²) in [6.07, 6.45) is 3.93. The van der Waals surface area contributed by atoms with Gasteiger partial charge in [0.1, 0.15) is 12.1 Å². The van der Waals surface area contributed by atoms with Crippen LogP contribution in [0.2, 0.25) is 0 Å². The van der Waals surface area contributed by atoms with Gasteiger partial charge in [-0.15, -0.1) is 0 Å². The molecule has 0 spiro atoms. The minimum absolute atomic E-state index is 0.0768. The molecule has 1 aromatic heterocycles. The Morgan fingerprint density at radius 1 is 1.16 bits per heavy atom. The van der Waals surface area contributed by atoms with E-state index in [1.807, 2.05) is 0 Å². The molecule has 2 rings (SSSR count). The summed E-state index contributed by atoms with van der Waals surface area (Å²) < 4.78 is 64.1. The first kappa shape index (κ1) is 18.6. The average molecular weight is 375 g/mol. The van der Waals surface area contributed by atoms with Crippen molar-refractivity contribution >= 4 is 16.0 Å². The maximum Gasteiger partial charge on any atom is 0.534 e. The van der Waals surface area contributed by atoms with E-state index in [1.54, 1.807) is 0 Å². The molecular formula is C14H12F3N3O4S. The molecule has 134 valence electrons. The van der Waals surface area contributed by atoms with E-state index in [1.165, 1.54) is 30.9 Å². The zero-order chi connectivity index (χ0) is 18.7. The highest BCUT2D eigenvalue weighted by Gasteiger charge is 2.48. The number of benzene rings is 1. The van der Waals surface area contributed by atoms with Crippen molar-refractivity contribution in [2.24, 2.45) is 5.73 Å². The van der Waals surface area contributed by atoms with E-state index in [2.05, 4.69) is 14.2 Å². The number of halogens is 3. The Balaban J connectivity index is 2.43. The highest BCUT2D eigenvalue weighted by Crippen LogP contribution is 2.32. The standard InChI is InChI=1S/C14H12F3N3O4S/c15-14(16,17)25(22,23)24-12-3-1-9(11-6-19-8-20-7-11)5-10(12)2-4-13(18)21/h1,3,5-8H,2,4H2,(H2,18,21). The van der Waals surface area contributed by atoms with Gasteiger partial charge in [0, 0.05) is 24.4 Å². The molecule has 2 aromatic rings. The van der Waals surface area contributed by atoms with Crippen LogP contribution in [-0.4, -0.2) is 29.8 Å². The smallest absolute Gasteiger partial charge is 0.376 e. The molecule has 0 fully saturated rings. The number of carbonyl (C=O) groups is 1. The molecule has 25 heavy (non-hydrogen) atoms. The lowest BCUT2D eigenvalue weighted by Gasteiger charge is -2.14. The molecule has 11 heteroatoms. The van der Waals surface area contributed by atoms with Gasteiger partial charge in [-0.1, -0.05) is 6.07 Å². The number of nitrogens with zero attached hydrogens (tertiary/aromatic N) is 2. The van der Waals surface area contributed by atoms with Crippen LogP contribution in [0.3, 0.4) is 0 Å². The number of amides is 1. The monoisotopic (exact) mass is 375 g/mol. The predicted octanol–water partition coefficient (Wildman–Crippen LogP) is 1.79. The van der Waals surface area contributed by atoms with Crippen molar-refractivity contribution in [1.82, 2.24) is 9.97 Å². The van der Waals surface area contributed by atoms with Crippen molar-refractivity contribution in [1.29, 1.82) is 0 Å². The molecule has 0 aliphatic heterocycles. The normalized spacial score (nSPS) is 12.0. The van der Waals surface area contributed by atoms with Gasteiger partial charge in [0.2, 0.25) is 5.91 Å². The number of aryl methyl sites for hydroxylation is 1. The molecule has 0 saturated carbocycles. The lowest BCUT2D eigenvalue weighted by molar-refractivity contribution is -0.118. The first-order valence-electron chi connectivity index (χ1n) is 6.77. The number of nitrogens with two attached hydrogens (primary N) is 1. The molecule has 0 aliphatic carbocycles.